The van der Waals surface area contributed by atoms with Crippen molar-refractivity contribution in [3.05, 3.63) is 23.9 Å². The third kappa shape index (κ3) is 4.67. The number of nitrogens with zero attached hydrogens (tertiary/aromatic N) is 3. The quantitative estimate of drug-likeness (QED) is 0.608. The molecule has 0 radical (unpaired) electrons. The summed E-state index contributed by atoms with van der Waals surface area (Å²) in [6.07, 6.45) is 9.69. The largest absolute Gasteiger partial charge is 0.354 e. The van der Waals surface area contributed by atoms with Crippen molar-refractivity contribution in [3.8, 4) is 0 Å². The number of anilines is 1. The van der Waals surface area contributed by atoms with Crippen LogP contribution >= 0.6 is 0 Å². The molecule has 34 heavy (non-hydrogen) atoms. The monoisotopic (exact) mass is 466 g/mol. The highest BCUT2D eigenvalue weighted by Gasteiger charge is 2.47. The molecular formula is C26H38N6O2. The Morgan fingerprint density at radius 1 is 1.09 bits per heavy atom. The van der Waals surface area contributed by atoms with Crippen molar-refractivity contribution in [3.63, 3.8) is 0 Å². The van der Waals surface area contributed by atoms with Gasteiger partial charge < -0.3 is 20.9 Å². The molecule has 0 aromatic carbocycles. The number of carbonyl (C=O) groups excluding carboxylic acids is 2. The van der Waals surface area contributed by atoms with Gasteiger partial charge in [0.05, 0.1) is 11.5 Å². The van der Waals surface area contributed by atoms with Crippen LogP contribution < -0.4 is 20.9 Å². The first-order chi connectivity index (χ1) is 16.6. The van der Waals surface area contributed by atoms with Crippen LogP contribution in [0.3, 0.4) is 0 Å². The van der Waals surface area contributed by atoms with E-state index >= 15 is 0 Å². The predicted molar refractivity (Wildman–Crippen MR) is 131 cm³/mol. The van der Waals surface area contributed by atoms with Crippen LogP contribution in [0.4, 0.5) is 5.82 Å². The summed E-state index contributed by atoms with van der Waals surface area (Å²) in [7, 11) is 0. The summed E-state index contributed by atoms with van der Waals surface area (Å²) in [5.41, 5.74) is 0.648. The fraction of sp³-hybridized carbons (Fsp3) is 0.731. The highest BCUT2D eigenvalue weighted by atomic mass is 16.2. The Morgan fingerprint density at radius 2 is 1.94 bits per heavy atom. The third-order valence-electron chi connectivity index (χ3n) is 8.78. The molecule has 1 aromatic rings. The standard InChI is InChI=1S/C26H38N6O2/c33-25(29-19-5-6-19)18-4-8-23(28-15-18)32-12-10-31(11-13-32)16-17-3-7-20-22(14-17)30-26(34)21-2-1-9-27-24(20)21/h4,8,15,17,19-22,24,27H,1-3,5-7,9-14,16H2,(H,29,33)(H,30,34). The van der Waals surface area contributed by atoms with Crippen LogP contribution in [-0.2, 0) is 4.79 Å². The van der Waals surface area contributed by atoms with Gasteiger partial charge in [0.2, 0.25) is 5.91 Å². The van der Waals surface area contributed by atoms with E-state index in [2.05, 4.69) is 30.7 Å². The van der Waals surface area contributed by atoms with Crippen molar-refractivity contribution in [1.29, 1.82) is 0 Å². The molecule has 6 rings (SSSR count). The Kier molecular flexibility index (Phi) is 6.20. The predicted octanol–water partition coefficient (Wildman–Crippen LogP) is 1.38. The number of amides is 2. The van der Waals surface area contributed by atoms with E-state index in [1.807, 2.05) is 12.1 Å². The molecule has 3 N–H and O–H groups in total. The summed E-state index contributed by atoms with van der Waals surface area (Å²) >= 11 is 0. The zero-order valence-electron chi connectivity index (χ0n) is 20.0. The molecule has 0 bridgehead atoms. The van der Waals surface area contributed by atoms with Gasteiger partial charge in [-0.05, 0) is 75.5 Å². The molecule has 0 spiro atoms. The van der Waals surface area contributed by atoms with Gasteiger partial charge >= 0.3 is 0 Å². The number of piperazine rings is 1. The third-order valence-corrected chi connectivity index (χ3v) is 8.78. The summed E-state index contributed by atoms with van der Waals surface area (Å²) in [6, 6.07) is 4.99. The summed E-state index contributed by atoms with van der Waals surface area (Å²) in [6.45, 7) is 6.19. The lowest BCUT2D eigenvalue weighted by atomic mass is 9.67. The first-order valence-corrected chi connectivity index (χ1v) is 13.4. The minimum absolute atomic E-state index is 0.00923. The van der Waals surface area contributed by atoms with Crippen LogP contribution in [-0.4, -0.2) is 79.1 Å². The number of piperidine rings is 2. The van der Waals surface area contributed by atoms with Gasteiger partial charge in [-0.25, -0.2) is 4.98 Å². The molecule has 1 aromatic heterocycles. The topological polar surface area (TPSA) is 89.6 Å². The van der Waals surface area contributed by atoms with Crippen LogP contribution in [0.5, 0.6) is 0 Å². The number of hydrogen-bond acceptors (Lipinski definition) is 6. The van der Waals surface area contributed by atoms with Crippen LogP contribution in [0.2, 0.25) is 0 Å². The summed E-state index contributed by atoms with van der Waals surface area (Å²) in [4.78, 5) is 34.3. The van der Waals surface area contributed by atoms with Crippen molar-refractivity contribution < 1.29 is 9.59 Å². The van der Waals surface area contributed by atoms with Crippen molar-refractivity contribution in [2.45, 2.75) is 63.1 Å². The van der Waals surface area contributed by atoms with E-state index in [4.69, 9.17) is 0 Å². The van der Waals surface area contributed by atoms with Gasteiger partial charge in [-0.1, -0.05) is 0 Å². The maximum atomic E-state index is 12.7. The van der Waals surface area contributed by atoms with Crippen molar-refractivity contribution in [2.24, 2.45) is 17.8 Å². The molecule has 5 fully saturated rings. The van der Waals surface area contributed by atoms with Crippen LogP contribution in [0.1, 0.15) is 55.3 Å². The van der Waals surface area contributed by atoms with Gasteiger partial charge in [0.15, 0.2) is 0 Å². The van der Waals surface area contributed by atoms with E-state index in [1.54, 1.807) is 6.20 Å². The molecule has 5 aliphatic rings. The Balaban J connectivity index is 0.981. The molecule has 4 heterocycles. The minimum Gasteiger partial charge on any atom is -0.354 e. The average molecular weight is 467 g/mol. The zero-order valence-corrected chi connectivity index (χ0v) is 20.0. The first-order valence-electron chi connectivity index (χ1n) is 13.4. The lowest BCUT2D eigenvalue weighted by molar-refractivity contribution is -0.133. The number of fused-ring (bicyclic) bond motifs is 3. The molecule has 5 atom stereocenters. The maximum Gasteiger partial charge on any atom is 0.253 e. The lowest BCUT2D eigenvalue weighted by Gasteiger charge is -2.50. The number of rotatable bonds is 5. The van der Waals surface area contributed by atoms with Crippen LogP contribution in [0.25, 0.3) is 0 Å². The smallest absolute Gasteiger partial charge is 0.253 e. The van der Waals surface area contributed by atoms with Gasteiger partial charge in [0.1, 0.15) is 5.82 Å². The van der Waals surface area contributed by atoms with E-state index < -0.39 is 0 Å². The van der Waals surface area contributed by atoms with Crippen LogP contribution in [0.15, 0.2) is 18.3 Å². The second-order valence-electron chi connectivity index (χ2n) is 11.1. The van der Waals surface area contributed by atoms with Gasteiger partial charge in [0, 0.05) is 57.0 Å². The number of nitrogens with one attached hydrogen (secondary N) is 3. The average Bonchev–Trinajstić information content (AvgIpc) is 3.69. The Bertz CT molecular complexity index is 895. The van der Waals surface area contributed by atoms with Crippen LogP contribution in [0, 0.1) is 17.8 Å². The molecule has 3 aliphatic heterocycles. The van der Waals surface area contributed by atoms with Gasteiger partial charge in [-0.3, -0.25) is 14.5 Å². The number of carbonyl (C=O) groups is 2. The molecular weight excluding hydrogens is 428 g/mol. The fourth-order valence-electron chi connectivity index (χ4n) is 6.72. The van der Waals surface area contributed by atoms with E-state index in [0.29, 0.717) is 35.5 Å². The first kappa shape index (κ1) is 22.3. The highest BCUT2D eigenvalue weighted by Crippen LogP contribution is 2.39. The highest BCUT2D eigenvalue weighted by molar-refractivity contribution is 5.94. The normalized spacial score (nSPS) is 34.1. The summed E-state index contributed by atoms with van der Waals surface area (Å²) < 4.78 is 0. The lowest BCUT2D eigenvalue weighted by Crippen LogP contribution is -2.64. The second-order valence-corrected chi connectivity index (χ2v) is 11.1. The Hall–Kier alpha value is -2.19. The number of hydrogen-bond donors (Lipinski definition) is 3. The molecule has 8 nitrogen and oxygen atoms in total. The Labute approximate surface area is 202 Å². The molecule has 184 valence electrons. The van der Waals surface area contributed by atoms with Gasteiger partial charge in [0.25, 0.3) is 5.91 Å². The van der Waals surface area contributed by atoms with Gasteiger partial charge in [-0.15, -0.1) is 0 Å². The molecule has 2 amide bonds. The minimum atomic E-state index is -0.00923. The van der Waals surface area contributed by atoms with Gasteiger partial charge in [-0.2, -0.15) is 0 Å². The van der Waals surface area contributed by atoms with Crippen molar-refractivity contribution >= 4 is 17.6 Å². The summed E-state index contributed by atoms with van der Waals surface area (Å²) in [5, 5.41) is 10.1. The molecule has 3 saturated heterocycles. The molecule has 2 saturated carbocycles. The van der Waals surface area contributed by atoms with E-state index in [0.717, 1.165) is 77.2 Å². The van der Waals surface area contributed by atoms with E-state index in [-0.39, 0.29) is 17.7 Å². The Morgan fingerprint density at radius 3 is 2.71 bits per heavy atom. The second kappa shape index (κ2) is 9.46. The molecule has 5 unspecified atom stereocenters. The molecule has 2 aliphatic carbocycles. The van der Waals surface area contributed by atoms with E-state index in [9.17, 15) is 9.59 Å². The number of pyridine rings is 1. The van der Waals surface area contributed by atoms with E-state index in [1.165, 1.54) is 12.8 Å². The molecule has 8 heteroatoms. The summed E-state index contributed by atoms with van der Waals surface area (Å²) in [5.74, 6) is 2.70. The van der Waals surface area contributed by atoms with Crippen molar-refractivity contribution in [2.75, 3.05) is 44.2 Å². The maximum absolute atomic E-state index is 12.7. The number of aromatic nitrogens is 1. The zero-order chi connectivity index (χ0) is 23.1. The van der Waals surface area contributed by atoms with Crippen molar-refractivity contribution in [1.82, 2.24) is 25.8 Å². The fourth-order valence-corrected chi connectivity index (χ4v) is 6.72. The SMILES string of the molecule is O=C(NC1CC1)c1ccc(N2CCN(CC3CCC4C(C3)NC(=O)C3CCCNC34)CC2)nc1.